The zero-order valence-electron chi connectivity index (χ0n) is 10.5. The molecule has 0 spiro atoms. The molecule has 5 heteroatoms. The quantitative estimate of drug-likeness (QED) is 0.799. The van der Waals surface area contributed by atoms with E-state index in [9.17, 15) is 8.42 Å². The number of alkyl halides is 1. The van der Waals surface area contributed by atoms with Gasteiger partial charge in [0.25, 0.3) is 0 Å². The van der Waals surface area contributed by atoms with Gasteiger partial charge in [-0.15, -0.1) is 11.6 Å². The van der Waals surface area contributed by atoms with Crippen LogP contribution in [0.15, 0.2) is 29.2 Å². The zero-order chi connectivity index (χ0) is 13.2. The average Bonchev–Trinajstić information content (AvgIpc) is 2.87. The molecule has 1 unspecified atom stereocenters. The SMILES string of the molecule is CCS(=O)(=O)c1ccc(N2CCC(CCl)C2)cc1. The number of halogens is 1. The fourth-order valence-corrected chi connectivity index (χ4v) is 3.36. The van der Waals surface area contributed by atoms with E-state index in [2.05, 4.69) is 4.90 Å². The lowest BCUT2D eigenvalue weighted by Gasteiger charge is -2.18. The number of nitrogens with zero attached hydrogens (tertiary/aromatic N) is 1. The van der Waals surface area contributed by atoms with Crippen molar-refractivity contribution in [1.29, 1.82) is 0 Å². The topological polar surface area (TPSA) is 37.4 Å². The summed E-state index contributed by atoms with van der Waals surface area (Å²) in [6, 6.07) is 7.17. The van der Waals surface area contributed by atoms with E-state index in [0.29, 0.717) is 16.7 Å². The molecule has 1 aliphatic rings. The molecule has 1 fully saturated rings. The van der Waals surface area contributed by atoms with E-state index in [1.54, 1.807) is 19.1 Å². The van der Waals surface area contributed by atoms with Crippen LogP contribution in [0.1, 0.15) is 13.3 Å². The second-order valence-electron chi connectivity index (χ2n) is 4.65. The minimum Gasteiger partial charge on any atom is -0.371 e. The van der Waals surface area contributed by atoms with Crippen LogP contribution in [0.25, 0.3) is 0 Å². The van der Waals surface area contributed by atoms with Crippen molar-refractivity contribution in [3.8, 4) is 0 Å². The lowest BCUT2D eigenvalue weighted by Crippen LogP contribution is -2.20. The molecule has 1 aliphatic heterocycles. The van der Waals surface area contributed by atoms with Crippen LogP contribution in [0.2, 0.25) is 0 Å². The van der Waals surface area contributed by atoms with Crippen molar-refractivity contribution in [1.82, 2.24) is 0 Å². The summed E-state index contributed by atoms with van der Waals surface area (Å²) < 4.78 is 23.4. The maximum atomic E-state index is 11.7. The van der Waals surface area contributed by atoms with Crippen LogP contribution in [-0.4, -0.2) is 33.1 Å². The Morgan fingerprint density at radius 2 is 2.00 bits per heavy atom. The normalized spacial score (nSPS) is 20.3. The number of hydrogen-bond donors (Lipinski definition) is 0. The molecule has 0 bridgehead atoms. The van der Waals surface area contributed by atoms with Crippen LogP contribution in [0.4, 0.5) is 5.69 Å². The van der Waals surface area contributed by atoms with Crippen molar-refractivity contribution in [3.63, 3.8) is 0 Å². The third kappa shape index (κ3) is 2.81. The van der Waals surface area contributed by atoms with E-state index < -0.39 is 9.84 Å². The summed E-state index contributed by atoms with van der Waals surface area (Å²) in [5, 5.41) is 0. The first kappa shape index (κ1) is 13.7. The van der Waals surface area contributed by atoms with E-state index in [1.165, 1.54) is 0 Å². The van der Waals surface area contributed by atoms with Gasteiger partial charge in [0.1, 0.15) is 0 Å². The Balaban J connectivity index is 2.14. The molecule has 0 aromatic heterocycles. The zero-order valence-corrected chi connectivity index (χ0v) is 12.0. The Bertz CT molecular complexity index is 498. The van der Waals surface area contributed by atoms with Crippen molar-refractivity contribution in [3.05, 3.63) is 24.3 Å². The van der Waals surface area contributed by atoms with Gasteiger partial charge in [-0.2, -0.15) is 0 Å². The number of rotatable bonds is 4. The Hall–Kier alpha value is -0.740. The van der Waals surface area contributed by atoms with Crippen molar-refractivity contribution in [2.24, 2.45) is 5.92 Å². The predicted octanol–water partition coefficient (Wildman–Crippen LogP) is 2.55. The lowest BCUT2D eigenvalue weighted by atomic mass is 10.2. The van der Waals surface area contributed by atoms with Crippen molar-refractivity contribution in [2.45, 2.75) is 18.2 Å². The lowest BCUT2D eigenvalue weighted by molar-refractivity contribution is 0.597. The van der Waals surface area contributed by atoms with E-state index in [1.807, 2.05) is 12.1 Å². The van der Waals surface area contributed by atoms with Gasteiger partial charge in [-0.05, 0) is 36.6 Å². The maximum Gasteiger partial charge on any atom is 0.178 e. The molecule has 0 N–H and O–H groups in total. The fraction of sp³-hybridized carbons (Fsp3) is 0.538. The fourth-order valence-electron chi connectivity index (χ4n) is 2.22. The van der Waals surface area contributed by atoms with Gasteiger partial charge in [0.15, 0.2) is 9.84 Å². The standard InChI is InChI=1S/C13H18ClNO2S/c1-2-18(16,17)13-5-3-12(4-6-13)15-8-7-11(9-14)10-15/h3-6,11H,2,7-10H2,1H3. The molecule has 1 heterocycles. The van der Waals surface area contributed by atoms with Crippen molar-refractivity contribution >= 4 is 27.1 Å². The predicted molar refractivity (Wildman–Crippen MR) is 75.2 cm³/mol. The molecule has 0 saturated carbocycles. The Morgan fingerprint density at radius 3 is 2.50 bits per heavy atom. The summed E-state index contributed by atoms with van der Waals surface area (Å²) >= 11 is 5.86. The summed E-state index contributed by atoms with van der Waals surface area (Å²) in [5.41, 5.74) is 1.08. The molecule has 3 nitrogen and oxygen atoms in total. The van der Waals surface area contributed by atoms with Gasteiger partial charge in [-0.25, -0.2) is 8.42 Å². The largest absolute Gasteiger partial charge is 0.371 e. The third-order valence-electron chi connectivity index (χ3n) is 3.45. The number of benzene rings is 1. The van der Waals surface area contributed by atoms with Gasteiger partial charge in [0, 0.05) is 24.7 Å². The molecule has 1 saturated heterocycles. The summed E-state index contributed by atoms with van der Waals surface area (Å²) in [5.74, 6) is 1.38. The molecular formula is C13H18ClNO2S. The molecule has 0 amide bonds. The molecule has 1 aromatic carbocycles. The number of sulfone groups is 1. The molecule has 100 valence electrons. The molecule has 1 aromatic rings. The van der Waals surface area contributed by atoms with Gasteiger partial charge in [-0.3, -0.25) is 0 Å². The Labute approximate surface area is 114 Å². The summed E-state index contributed by atoms with van der Waals surface area (Å²) in [4.78, 5) is 2.66. The molecular weight excluding hydrogens is 270 g/mol. The summed E-state index contributed by atoms with van der Waals surface area (Å²) in [7, 11) is -3.09. The smallest absolute Gasteiger partial charge is 0.178 e. The number of anilines is 1. The van der Waals surface area contributed by atoms with E-state index >= 15 is 0 Å². The molecule has 0 aliphatic carbocycles. The highest BCUT2D eigenvalue weighted by Crippen LogP contribution is 2.25. The minimum absolute atomic E-state index is 0.143. The monoisotopic (exact) mass is 287 g/mol. The molecule has 2 rings (SSSR count). The molecule has 0 radical (unpaired) electrons. The Morgan fingerprint density at radius 1 is 1.33 bits per heavy atom. The van der Waals surface area contributed by atoms with Crippen LogP contribution >= 0.6 is 11.6 Å². The summed E-state index contributed by atoms with van der Waals surface area (Å²) in [6.45, 7) is 3.62. The minimum atomic E-state index is -3.09. The van der Waals surface area contributed by atoms with Crippen LogP contribution in [0.5, 0.6) is 0 Å². The third-order valence-corrected chi connectivity index (χ3v) is 5.63. The van der Waals surface area contributed by atoms with E-state index in [-0.39, 0.29) is 5.75 Å². The molecule has 1 atom stereocenters. The summed E-state index contributed by atoms with van der Waals surface area (Å²) in [6.07, 6.45) is 1.11. The van der Waals surface area contributed by atoms with Gasteiger partial charge in [-0.1, -0.05) is 6.92 Å². The van der Waals surface area contributed by atoms with Crippen LogP contribution in [-0.2, 0) is 9.84 Å². The number of hydrogen-bond acceptors (Lipinski definition) is 3. The van der Waals surface area contributed by atoms with E-state index in [0.717, 1.165) is 25.2 Å². The van der Waals surface area contributed by atoms with E-state index in [4.69, 9.17) is 11.6 Å². The first-order valence-corrected chi connectivity index (χ1v) is 8.39. The highest BCUT2D eigenvalue weighted by molar-refractivity contribution is 7.91. The van der Waals surface area contributed by atoms with Crippen molar-refractivity contribution in [2.75, 3.05) is 29.6 Å². The van der Waals surface area contributed by atoms with Gasteiger partial charge in [0.05, 0.1) is 10.6 Å². The van der Waals surface area contributed by atoms with Crippen LogP contribution in [0, 0.1) is 5.92 Å². The first-order valence-electron chi connectivity index (χ1n) is 6.20. The highest BCUT2D eigenvalue weighted by atomic mass is 35.5. The van der Waals surface area contributed by atoms with Gasteiger partial charge in [0.2, 0.25) is 0 Å². The van der Waals surface area contributed by atoms with Crippen molar-refractivity contribution < 1.29 is 8.42 Å². The maximum absolute atomic E-state index is 11.7. The average molecular weight is 288 g/mol. The second kappa shape index (κ2) is 5.49. The second-order valence-corrected chi connectivity index (χ2v) is 7.24. The van der Waals surface area contributed by atoms with Gasteiger partial charge < -0.3 is 4.90 Å². The molecule has 18 heavy (non-hydrogen) atoms. The Kier molecular flexibility index (Phi) is 4.17. The highest BCUT2D eigenvalue weighted by Gasteiger charge is 2.22. The van der Waals surface area contributed by atoms with Gasteiger partial charge >= 0.3 is 0 Å². The van der Waals surface area contributed by atoms with Crippen LogP contribution in [0.3, 0.4) is 0 Å². The first-order chi connectivity index (χ1) is 8.56. The van der Waals surface area contributed by atoms with Crippen LogP contribution < -0.4 is 4.90 Å².